The largest absolute Gasteiger partial charge is 0.496 e. The molecule has 0 fully saturated rings. The molecule has 0 saturated heterocycles. The van der Waals surface area contributed by atoms with Crippen LogP contribution in [0.2, 0.25) is 0 Å². The van der Waals surface area contributed by atoms with E-state index >= 15 is 0 Å². The van der Waals surface area contributed by atoms with Gasteiger partial charge in [-0.05, 0) is 74.2 Å². The van der Waals surface area contributed by atoms with Crippen molar-refractivity contribution in [3.8, 4) is 11.5 Å². The highest BCUT2D eigenvalue weighted by Crippen LogP contribution is 2.32. The molecule has 2 aromatic carbocycles. The van der Waals surface area contributed by atoms with Crippen molar-refractivity contribution in [2.45, 2.75) is 13.0 Å². The normalized spacial score (nSPS) is 12.0. The van der Waals surface area contributed by atoms with Gasteiger partial charge in [-0.15, -0.1) is 0 Å². The summed E-state index contributed by atoms with van der Waals surface area (Å²) in [6, 6.07) is 11.6. The molecule has 0 heterocycles. The van der Waals surface area contributed by atoms with Crippen LogP contribution in [-0.4, -0.2) is 13.7 Å². The SMILES string of the molecule is CCOc1ccc(C(N)c2ccc(OC)c(Br)c2)cc1Br. The highest BCUT2D eigenvalue weighted by atomic mass is 79.9. The average Bonchev–Trinajstić information content (AvgIpc) is 2.48. The molecular formula is C16H17Br2NO2. The second kappa shape index (κ2) is 7.29. The van der Waals surface area contributed by atoms with Gasteiger partial charge in [0.05, 0.1) is 28.7 Å². The summed E-state index contributed by atoms with van der Waals surface area (Å²) in [6.07, 6.45) is 0. The van der Waals surface area contributed by atoms with Crippen LogP contribution in [0.3, 0.4) is 0 Å². The van der Waals surface area contributed by atoms with Crippen molar-refractivity contribution >= 4 is 31.9 Å². The molecule has 5 heteroatoms. The van der Waals surface area contributed by atoms with Gasteiger partial charge in [0.15, 0.2) is 0 Å². The molecule has 0 amide bonds. The van der Waals surface area contributed by atoms with Crippen LogP contribution in [0, 0.1) is 0 Å². The Labute approximate surface area is 141 Å². The third kappa shape index (κ3) is 3.78. The summed E-state index contributed by atoms with van der Waals surface area (Å²) in [4.78, 5) is 0. The van der Waals surface area contributed by atoms with Crippen LogP contribution in [-0.2, 0) is 0 Å². The molecule has 1 unspecified atom stereocenters. The molecule has 0 radical (unpaired) electrons. The molecule has 21 heavy (non-hydrogen) atoms. The van der Waals surface area contributed by atoms with Gasteiger partial charge < -0.3 is 15.2 Å². The Balaban J connectivity index is 2.29. The topological polar surface area (TPSA) is 44.5 Å². The summed E-state index contributed by atoms with van der Waals surface area (Å²) in [6.45, 7) is 2.59. The highest BCUT2D eigenvalue weighted by molar-refractivity contribution is 9.10. The summed E-state index contributed by atoms with van der Waals surface area (Å²) in [5, 5.41) is 0. The average molecular weight is 415 g/mol. The first-order valence-electron chi connectivity index (χ1n) is 6.58. The van der Waals surface area contributed by atoms with Crippen LogP contribution >= 0.6 is 31.9 Å². The monoisotopic (exact) mass is 413 g/mol. The predicted molar refractivity (Wildman–Crippen MR) is 92.0 cm³/mol. The van der Waals surface area contributed by atoms with Crippen LogP contribution in [0.25, 0.3) is 0 Å². The molecule has 0 aromatic heterocycles. The maximum Gasteiger partial charge on any atom is 0.133 e. The van der Waals surface area contributed by atoms with Gasteiger partial charge in [-0.1, -0.05) is 12.1 Å². The molecule has 0 spiro atoms. The third-order valence-corrected chi connectivity index (χ3v) is 4.39. The van der Waals surface area contributed by atoms with E-state index in [0.29, 0.717) is 6.61 Å². The van der Waals surface area contributed by atoms with Gasteiger partial charge in [0.25, 0.3) is 0 Å². The van der Waals surface area contributed by atoms with Crippen molar-refractivity contribution in [3.05, 3.63) is 56.5 Å². The van der Waals surface area contributed by atoms with Gasteiger partial charge in [0.2, 0.25) is 0 Å². The maximum absolute atomic E-state index is 6.35. The Morgan fingerprint density at radius 3 is 1.95 bits per heavy atom. The fourth-order valence-electron chi connectivity index (χ4n) is 2.05. The molecule has 2 N–H and O–H groups in total. The van der Waals surface area contributed by atoms with Gasteiger partial charge >= 0.3 is 0 Å². The van der Waals surface area contributed by atoms with E-state index in [1.54, 1.807) is 7.11 Å². The lowest BCUT2D eigenvalue weighted by Gasteiger charge is -2.16. The summed E-state index contributed by atoms with van der Waals surface area (Å²) in [7, 11) is 1.64. The Bertz CT molecular complexity index is 632. The maximum atomic E-state index is 6.35. The smallest absolute Gasteiger partial charge is 0.133 e. The standard InChI is InChI=1S/C16H17Br2NO2/c1-3-21-15-7-5-11(9-13(15)18)16(19)10-4-6-14(20-2)12(17)8-10/h4-9,16H,3,19H2,1-2H3. The minimum atomic E-state index is -0.209. The van der Waals surface area contributed by atoms with E-state index in [0.717, 1.165) is 31.6 Å². The minimum absolute atomic E-state index is 0.209. The van der Waals surface area contributed by atoms with E-state index < -0.39 is 0 Å². The number of halogens is 2. The second-order valence-electron chi connectivity index (χ2n) is 4.49. The van der Waals surface area contributed by atoms with Crippen LogP contribution in [0.15, 0.2) is 45.3 Å². The first-order valence-corrected chi connectivity index (χ1v) is 8.16. The lowest BCUT2D eigenvalue weighted by atomic mass is 9.99. The molecule has 0 aliphatic rings. The summed E-state index contributed by atoms with van der Waals surface area (Å²) >= 11 is 7.00. The molecule has 2 aromatic rings. The minimum Gasteiger partial charge on any atom is -0.496 e. The molecular weight excluding hydrogens is 398 g/mol. The van der Waals surface area contributed by atoms with Crippen molar-refractivity contribution in [1.82, 2.24) is 0 Å². The van der Waals surface area contributed by atoms with E-state index in [1.165, 1.54) is 0 Å². The van der Waals surface area contributed by atoms with E-state index in [1.807, 2.05) is 43.3 Å². The summed E-state index contributed by atoms with van der Waals surface area (Å²) in [5.41, 5.74) is 8.38. The molecule has 112 valence electrons. The Morgan fingerprint density at radius 2 is 1.52 bits per heavy atom. The van der Waals surface area contributed by atoms with Gasteiger partial charge in [-0.3, -0.25) is 0 Å². The van der Waals surface area contributed by atoms with Crippen molar-refractivity contribution in [2.75, 3.05) is 13.7 Å². The zero-order valence-electron chi connectivity index (χ0n) is 11.9. The molecule has 0 saturated carbocycles. The van der Waals surface area contributed by atoms with Crippen LogP contribution < -0.4 is 15.2 Å². The van der Waals surface area contributed by atoms with E-state index in [-0.39, 0.29) is 6.04 Å². The molecule has 0 bridgehead atoms. The van der Waals surface area contributed by atoms with Gasteiger partial charge in [0, 0.05) is 0 Å². The Hall–Kier alpha value is -1.04. The second-order valence-corrected chi connectivity index (χ2v) is 6.20. The van der Waals surface area contributed by atoms with Gasteiger partial charge in [-0.2, -0.15) is 0 Å². The number of ether oxygens (including phenoxy) is 2. The van der Waals surface area contributed by atoms with E-state index in [4.69, 9.17) is 15.2 Å². The van der Waals surface area contributed by atoms with Gasteiger partial charge in [0.1, 0.15) is 11.5 Å². The molecule has 2 rings (SSSR count). The first kappa shape index (κ1) is 16.3. The Kier molecular flexibility index (Phi) is 5.67. The van der Waals surface area contributed by atoms with Crippen molar-refractivity contribution in [3.63, 3.8) is 0 Å². The fraction of sp³-hybridized carbons (Fsp3) is 0.250. The predicted octanol–water partition coefficient (Wildman–Crippen LogP) is 4.67. The molecule has 0 aliphatic heterocycles. The number of nitrogens with two attached hydrogens (primary N) is 1. The molecule has 0 aliphatic carbocycles. The zero-order valence-corrected chi connectivity index (χ0v) is 15.1. The van der Waals surface area contributed by atoms with Crippen molar-refractivity contribution < 1.29 is 9.47 Å². The Morgan fingerprint density at radius 1 is 1.00 bits per heavy atom. The summed E-state index contributed by atoms with van der Waals surface area (Å²) in [5.74, 6) is 1.61. The van der Waals surface area contributed by atoms with Crippen LogP contribution in [0.1, 0.15) is 24.1 Å². The van der Waals surface area contributed by atoms with E-state index in [2.05, 4.69) is 31.9 Å². The van der Waals surface area contributed by atoms with Gasteiger partial charge in [-0.25, -0.2) is 0 Å². The number of hydrogen-bond acceptors (Lipinski definition) is 3. The van der Waals surface area contributed by atoms with Crippen LogP contribution in [0.5, 0.6) is 11.5 Å². The van der Waals surface area contributed by atoms with Crippen LogP contribution in [0.4, 0.5) is 0 Å². The molecule has 3 nitrogen and oxygen atoms in total. The zero-order chi connectivity index (χ0) is 15.4. The lowest BCUT2D eigenvalue weighted by molar-refractivity contribution is 0.338. The van der Waals surface area contributed by atoms with E-state index in [9.17, 15) is 0 Å². The van der Waals surface area contributed by atoms with Crippen molar-refractivity contribution in [1.29, 1.82) is 0 Å². The first-order chi connectivity index (χ1) is 10.1. The van der Waals surface area contributed by atoms with Crippen molar-refractivity contribution in [2.24, 2.45) is 5.73 Å². The highest BCUT2D eigenvalue weighted by Gasteiger charge is 2.13. The lowest BCUT2D eigenvalue weighted by Crippen LogP contribution is -2.12. The fourth-order valence-corrected chi connectivity index (χ4v) is 3.12. The number of hydrogen-bond donors (Lipinski definition) is 1. The third-order valence-electron chi connectivity index (χ3n) is 3.15. The number of benzene rings is 2. The number of rotatable bonds is 5. The quantitative estimate of drug-likeness (QED) is 0.773. The molecule has 1 atom stereocenters. The summed E-state index contributed by atoms with van der Waals surface area (Å²) < 4.78 is 12.5. The number of methoxy groups -OCH3 is 1.